The summed E-state index contributed by atoms with van der Waals surface area (Å²) in [6.07, 6.45) is 9.01. The molecule has 2 rings (SSSR count). The normalized spacial score (nSPS) is 17.1. The number of pyridine rings is 1. The number of aromatic nitrogens is 1. The van der Waals surface area contributed by atoms with Crippen molar-refractivity contribution in [2.45, 2.75) is 51.0 Å². The molecule has 1 heterocycles. The van der Waals surface area contributed by atoms with Gasteiger partial charge in [0.25, 0.3) is 0 Å². The molecule has 1 aromatic rings. The molecule has 0 aliphatic heterocycles. The monoisotopic (exact) mass is 276 g/mol. The number of aliphatic hydroxyl groups excluding tert-OH is 1. The van der Waals surface area contributed by atoms with Crippen LogP contribution in [0, 0.1) is 5.92 Å². The average molecular weight is 276 g/mol. The molecule has 0 bridgehead atoms. The first-order valence-electron chi connectivity index (χ1n) is 7.58. The Balaban J connectivity index is 1.72. The first kappa shape index (κ1) is 15.0. The van der Waals surface area contributed by atoms with Gasteiger partial charge in [-0.15, -0.1) is 0 Å². The summed E-state index contributed by atoms with van der Waals surface area (Å²) < 4.78 is 0. The third-order valence-electron chi connectivity index (χ3n) is 4.02. The maximum absolute atomic E-state index is 11.9. The van der Waals surface area contributed by atoms with E-state index in [2.05, 4.69) is 10.3 Å². The van der Waals surface area contributed by atoms with Crippen molar-refractivity contribution in [3.63, 3.8) is 0 Å². The number of amides is 1. The lowest BCUT2D eigenvalue weighted by Crippen LogP contribution is -2.39. The third kappa shape index (κ3) is 4.93. The molecule has 0 unspecified atom stereocenters. The van der Waals surface area contributed by atoms with Crippen molar-refractivity contribution in [2.75, 3.05) is 6.61 Å². The van der Waals surface area contributed by atoms with Gasteiger partial charge in [0.15, 0.2) is 0 Å². The quantitative estimate of drug-likeness (QED) is 0.801. The lowest BCUT2D eigenvalue weighted by Gasteiger charge is -2.16. The first-order valence-corrected chi connectivity index (χ1v) is 7.58. The second kappa shape index (κ2) is 8.00. The van der Waals surface area contributed by atoms with Gasteiger partial charge in [-0.05, 0) is 24.5 Å². The molecule has 1 fully saturated rings. The van der Waals surface area contributed by atoms with E-state index in [9.17, 15) is 9.90 Å². The fraction of sp³-hybridized carbons (Fsp3) is 0.625. The number of nitrogens with one attached hydrogen (secondary N) is 1. The van der Waals surface area contributed by atoms with E-state index in [1.807, 2.05) is 18.2 Å². The van der Waals surface area contributed by atoms with Crippen molar-refractivity contribution in [1.82, 2.24) is 10.3 Å². The number of hydrogen-bond acceptors (Lipinski definition) is 3. The second-order valence-corrected chi connectivity index (χ2v) is 5.66. The standard InChI is InChI=1S/C16H24N2O2/c19-12-15(11-14-7-3-4-10-17-14)18-16(20)9-8-13-5-1-2-6-13/h3-4,7,10,13,15,19H,1-2,5-6,8-9,11-12H2,(H,18,20)/t15-/m0/s1. The average Bonchev–Trinajstić information content (AvgIpc) is 2.99. The zero-order valence-electron chi connectivity index (χ0n) is 11.9. The fourth-order valence-electron chi connectivity index (χ4n) is 2.87. The smallest absolute Gasteiger partial charge is 0.220 e. The highest BCUT2D eigenvalue weighted by atomic mass is 16.3. The summed E-state index contributed by atoms with van der Waals surface area (Å²) in [6.45, 7) is -0.0499. The molecule has 110 valence electrons. The summed E-state index contributed by atoms with van der Waals surface area (Å²) in [6, 6.07) is 5.45. The van der Waals surface area contributed by atoms with E-state index < -0.39 is 0 Å². The van der Waals surface area contributed by atoms with Gasteiger partial charge in [-0.25, -0.2) is 0 Å². The van der Waals surface area contributed by atoms with Gasteiger partial charge < -0.3 is 10.4 Å². The van der Waals surface area contributed by atoms with E-state index in [4.69, 9.17) is 0 Å². The van der Waals surface area contributed by atoms with Crippen molar-refractivity contribution >= 4 is 5.91 Å². The predicted molar refractivity (Wildman–Crippen MR) is 78.1 cm³/mol. The van der Waals surface area contributed by atoms with Crippen LogP contribution >= 0.6 is 0 Å². The minimum atomic E-state index is -0.235. The van der Waals surface area contributed by atoms with E-state index in [1.54, 1.807) is 6.20 Å². The molecular weight excluding hydrogens is 252 g/mol. The molecule has 0 radical (unpaired) electrons. The molecule has 1 amide bonds. The van der Waals surface area contributed by atoms with Crippen molar-refractivity contribution in [3.05, 3.63) is 30.1 Å². The van der Waals surface area contributed by atoms with Gasteiger partial charge in [0, 0.05) is 24.7 Å². The molecule has 0 saturated heterocycles. The van der Waals surface area contributed by atoms with Crippen molar-refractivity contribution < 1.29 is 9.90 Å². The highest BCUT2D eigenvalue weighted by molar-refractivity contribution is 5.76. The van der Waals surface area contributed by atoms with Crippen LogP contribution in [0.2, 0.25) is 0 Å². The van der Waals surface area contributed by atoms with Crippen LogP contribution in [-0.2, 0) is 11.2 Å². The zero-order valence-corrected chi connectivity index (χ0v) is 11.9. The second-order valence-electron chi connectivity index (χ2n) is 5.66. The highest BCUT2D eigenvalue weighted by Crippen LogP contribution is 2.28. The molecule has 0 spiro atoms. The van der Waals surface area contributed by atoms with E-state index >= 15 is 0 Å². The van der Waals surface area contributed by atoms with Crippen molar-refractivity contribution in [2.24, 2.45) is 5.92 Å². The number of nitrogens with zero attached hydrogens (tertiary/aromatic N) is 1. The third-order valence-corrected chi connectivity index (χ3v) is 4.02. The van der Waals surface area contributed by atoms with Crippen molar-refractivity contribution in [1.29, 1.82) is 0 Å². The Morgan fingerprint density at radius 2 is 2.20 bits per heavy atom. The number of carbonyl (C=O) groups is 1. The van der Waals surface area contributed by atoms with E-state index in [0.29, 0.717) is 12.8 Å². The van der Waals surface area contributed by atoms with Crippen LogP contribution in [0.1, 0.15) is 44.2 Å². The van der Waals surface area contributed by atoms with Crippen LogP contribution in [0.5, 0.6) is 0 Å². The maximum Gasteiger partial charge on any atom is 0.220 e. The Hall–Kier alpha value is -1.42. The minimum absolute atomic E-state index is 0.0480. The van der Waals surface area contributed by atoms with Gasteiger partial charge in [-0.2, -0.15) is 0 Å². The summed E-state index contributed by atoms with van der Waals surface area (Å²) in [5, 5.41) is 12.3. The van der Waals surface area contributed by atoms with Gasteiger partial charge in [-0.3, -0.25) is 9.78 Å². The lowest BCUT2D eigenvalue weighted by molar-refractivity contribution is -0.122. The summed E-state index contributed by atoms with van der Waals surface area (Å²) in [7, 11) is 0. The summed E-state index contributed by atoms with van der Waals surface area (Å²) in [5.74, 6) is 0.774. The van der Waals surface area contributed by atoms with Gasteiger partial charge >= 0.3 is 0 Å². The number of rotatable bonds is 7. The number of aliphatic hydroxyl groups is 1. The molecule has 20 heavy (non-hydrogen) atoms. The maximum atomic E-state index is 11.9. The van der Waals surface area contributed by atoms with Gasteiger partial charge in [0.2, 0.25) is 5.91 Å². The Kier molecular flexibility index (Phi) is 5.99. The topological polar surface area (TPSA) is 62.2 Å². The predicted octanol–water partition coefficient (Wildman–Crippen LogP) is 2.07. The molecular formula is C16H24N2O2. The van der Waals surface area contributed by atoms with Crippen LogP contribution in [-0.4, -0.2) is 28.6 Å². The van der Waals surface area contributed by atoms with Gasteiger partial charge in [0.05, 0.1) is 12.6 Å². The summed E-state index contributed by atoms with van der Waals surface area (Å²) in [4.78, 5) is 16.1. The van der Waals surface area contributed by atoms with Gasteiger partial charge in [-0.1, -0.05) is 31.7 Å². The molecule has 1 aliphatic rings. The first-order chi connectivity index (χ1) is 9.78. The molecule has 0 aromatic carbocycles. The molecule has 1 aromatic heterocycles. The van der Waals surface area contributed by atoms with E-state index in [1.165, 1.54) is 25.7 Å². The molecule has 1 atom stereocenters. The molecule has 1 saturated carbocycles. The molecule has 4 heteroatoms. The summed E-state index contributed by atoms with van der Waals surface area (Å²) >= 11 is 0. The van der Waals surface area contributed by atoms with E-state index in [0.717, 1.165) is 18.0 Å². The Labute approximate surface area is 120 Å². The minimum Gasteiger partial charge on any atom is -0.394 e. The molecule has 2 N–H and O–H groups in total. The van der Waals surface area contributed by atoms with E-state index in [-0.39, 0.29) is 18.6 Å². The van der Waals surface area contributed by atoms with Gasteiger partial charge in [0.1, 0.15) is 0 Å². The lowest BCUT2D eigenvalue weighted by atomic mass is 10.0. The Morgan fingerprint density at radius 1 is 1.40 bits per heavy atom. The van der Waals surface area contributed by atoms with Crippen LogP contribution in [0.15, 0.2) is 24.4 Å². The number of hydrogen-bond donors (Lipinski definition) is 2. The summed E-state index contributed by atoms with van der Waals surface area (Å²) in [5.41, 5.74) is 0.891. The van der Waals surface area contributed by atoms with Crippen LogP contribution < -0.4 is 5.32 Å². The largest absolute Gasteiger partial charge is 0.394 e. The molecule has 4 nitrogen and oxygen atoms in total. The van der Waals surface area contributed by atoms with Crippen LogP contribution in [0.3, 0.4) is 0 Å². The highest BCUT2D eigenvalue weighted by Gasteiger charge is 2.17. The SMILES string of the molecule is O=C(CCC1CCCC1)N[C@H](CO)Cc1ccccn1. The van der Waals surface area contributed by atoms with Crippen LogP contribution in [0.4, 0.5) is 0 Å². The fourth-order valence-corrected chi connectivity index (χ4v) is 2.87. The Morgan fingerprint density at radius 3 is 2.85 bits per heavy atom. The zero-order chi connectivity index (χ0) is 14.2. The number of carbonyl (C=O) groups excluding carboxylic acids is 1. The molecule has 1 aliphatic carbocycles. The van der Waals surface area contributed by atoms with Crippen molar-refractivity contribution in [3.8, 4) is 0 Å². The Bertz CT molecular complexity index is 402. The van der Waals surface area contributed by atoms with Crippen LogP contribution in [0.25, 0.3) is 0 Å².